The molecule has 1 aromatic carbocycles. The number of halogens is 5. The van der Waals surface area contributed by atoms with Crippen LogP contribution in [-0.4, -0.2) is 291 Å². The Balaban J connectivity index is 1.27. The van der Waals surface area contributed by atoms with Crippen LogP contribution in [0.1, 0.15) is 180 Å². The molecule has 4 rings (SSSR count). The summed E-state index contributed by atoms with van der Waals surface area (Å²) in [5, 5.41) is 108. The lowest BCUT2D eigenvalue weighted by Crippen LogP contribution is -2.58. The fourth-order valence-corrected chi connectivity index (χ4v) is 11.8. The number of hydrogen-bond donors (Lipinski definition) is 16. The molecular formula is C73H120F5N7O27. The molecule has 0 spiro atoms. The van der Waals surface area contributed by atoms with E-state index in [9.17, 15) is 106 Å². The Morgan fingerprint density at radius 1 is 0.339 bits per heavy atom. The second-order valence-electron chi connectivity index (χ2n) is 27.8. The second-order valence-corrected chi connectivity index (χ2v) is 27.8. The van der Waals surface area contributed by atoms with Gasteiger partial charge in [0.2, 0.25) is 76.2 Å². The summed E-state index contributed by atoms with van der Waals surface area (Å²) in [6, 6.07) is 0. The fraction of sp³-hybridized carbons (Fsp3) is 0.808. The molecule has 34 nitrogen and oxygen atoms in total. The first-order valence-electron chi connectivity index (χ1n) is 38.9. The van der Waals surface area contributed by atoms with Crippen LogP contribution in [0.25, 0.3) is 0 Å². The molecule has 0 radical (unpaired) electrons. The highest BCUT2D eigenvalue weighted by Gasteiger charge is 2.40. The van der Waals surface area contributed by atoms with Gasteiger partial charge >= 0.3 is 5.97 Å². The number of rotatable bonds is 61. The number of esters is 1. The maximum Gasteiger partial charge on any atom is 0.311 e. The van der Waals surface area contributed by atoms with Crippen molar-refractivity contribution >= 4 is 47.3 Å². The second kappa shape index (κ2) is 57.0. The van der Waals surface area contributed by atoms with Crippen molar-refractivity contribution < 1.29 is 154 Å². The summed E-state index contributed by atoms with van der Waals surface area (Å²) in [5.41, 5.74) is -1.46. The first kappa shape index (κ1) is 98.3. The van der Waals surface area contributed by atoms with Crippen molar-refractivity contribution in [2.45, 2.75) is 259 Å². The average molecular weight is 1620 g/mol. The van der Waals surface area contributed by atoms with Crippen molar-refractivity contribution in [3.63, 3.8) is 0 Å². The molecule has 1 aromatic rings. The molecule has 0 aliphatic carbocycles. The monoisotopic (exact) mass is 1620 g/mol. The minimum Gasteiger partial charge on any atom is -0.420 e. The van der Waals surface area contributed by atoms with Gasteiger partial charge in [-0.05, 0) is 70.6 Å². The first-order valence-corrected chi connectivity index (χ1v) is 38.9. The van der Waals surface area contributed by atoms with Gasteiger partial charge in [-0.15, -0.1) is 0 Å². The van der Waals surface area contributed by atoms with E-state index in [1.54, 1.807) is 0 Å². The average Bonchev–Trinajstić information content (AvgIpc) is 0.803. The molecule has 0 aromatic heterocycles. The standard InChI is InChI=1S/C73H120F5N7O27/c74-64-65(75)67(77)72(68(78)66(64)76)112-60(99)22-8-6-4-2-1-3-5-7-21-59(98)85-73(44-103-35-23-56(95)82-29-15-26-79-53(92)18-9-12-32-106-61-38-47(89)69(100)50(41-86)109-61,45-104-36-24-57(96)83-30-16-27-80-54(93)19-10-13-33-107-62-39-48(90)70(101)51(42-87)110-62)46-105-37-25-58(97)84-31-17-28-81-55(94)20-11-14-34-108-63-40-49(91)71(102)52(43-88)111-63/h47-52,61-63,69-71,86-91,100-102H,1-46H2,(H,79,92)(H,80,93)(H,81,94)(H,82,95)(H,83,96)(H,84,97)(H,85,98)/t47-,48-,49-,50-,51-,52-,61-,62-,63-,69-,70-,71-/m1/s1. The molecule has 0 unspecified atom stereocenters. The third-order valence-electron chi connectivity index (χ3n) is 18.3. The Morgan fingerprint density at radius 2 is 0.607 bits per heavy atom. The van der Waals surface area contributed by atoms with Gasteiger partial charge in [0.25, 0.3) is 0 Å². The van der Waals surface area contributed by atoms with E-state index in [0.717, 1.165) is 6.42 Å². The van der Waals surface area contributed by atoms with Gasteiger partial charge in [-0.2, -0.15) is 8.78 Å². The fourth-order valence-electron chi connectivity index (χ4n) is 11.8. The predicted octanol–water partition coefficient (Wildman–Crippen LogP) is 0.179. The van der Waals surface area contributed by atoms with Crippen molar-refractivity contribution in [1.82, 2.24) is 37.2 Å². The molecule has 644 valence electrons. The van der Waals surface area contributed by atoms with Gasteiger partial charge in [0.15, 0.2) is 18.9 Å². The summed E-state index contributed by atoms with van der Waals surface area (Å²) in [5.74, 6) is -16.5. The van der Waals surface area contributed by atoms with E-state index in [0.29, 0.717) is 96.3 Å². The van der Waals surface area contributed by atoms with Crippen molar-refractivity contribution in [2.75, 3.05) is 119 Å². The van der Waals surface area contributed by atoms with Crippen LogP contribution in [0.5, 0.6) is 5.75 Å². The Bertz CT molecular complexity index is 2680. The summed E-state index contributed by atoms with van der Waals surface area (Å²) in [7, 11) is 0. The van der Waals surface area contributed by atoms with Crippen LogP contribution in [0.2, 0.25) is 0 Å². The van der Waals surface area contributed by atoms with Crippen LogP contribution in [0.4, 0.5) is 22.0 Å². The third-order valence-corrected chi connectivity index (χ3v) is 18.3. The van der Waals surface area contributed by atoms with Crippen LogP contribution < -0.4 is 42.0 Å². The summed E-state index contributed by atoms with van der Waals surface area (Å²) in [6.07, 6.45) is -3.89. The molecule has 3 aliphatic rings. The summed E-state index contributed by atoms with van der Waals surface area (Å²) in [4.78, 5) is 103. The number of benzene rings is 1. The lowest BCUT2D eigenvalue weighted by molar-refractivity contribution is -0.257. The maximum absolute atomic E-state index is 14.0. The van der Waals surface area contributed by atoms with Crippen molar-refractivity contribution in [3.8, 4) is 5.75 Å². The van der Waals surface area contributed by atoms with E-state index in [-0.39, 0.29) is 211 Å². The van der Waals surface area contributed by atoms with Crippen molar-refractivity contribution in [2.24, 2.45) is 0 Å². The predicted molar refractivity (Wildman–Crippen MR) is 384 cm³/mol. The zero-order valence-electron chi connectivity index (χ0n) is 63.7. The Kier molecular flexibility index (Phi) is 50.1. The van der Waals surface area contributed by atoms with E-state index in [1.165, 1.54) is 0 Å². The molecule has 3 fully saturated rings. The van der Waals surface area contributed by atoms with E-state index in [1.807, 2.05) is 0 Å². The van der Waals surface area contributed by atoms with Gasteiger partial charge in [-0.3, -0.25) is 38.4 Å². The van der Waals surface area contributed by atoms with Crippen LogP contribution in [0.15, 0.2) is 0 Å². The smallest absolute Gasteiger partial charge is 0.311 e. The molecular weight excluding hydrogens is 1500 g/mol. The molecule has 3 saturated heterocycles. The SMILES string of the molecule is O=C(CCCCO[C@H]1C[C@@H](O)[C@@H](O)[C@@H](CO)O1)NCCCNC(=O)CCOCC(COCCC(=O)NCCCNC(=O)CCCCO[C@H]1C[C@@H](O)[C@@H](O)[C@@H](CO)O1)(COCCC(=O)NCCCNC(=O)CCCCO[C@H]1C[C@@H](O)[C@@H](O)[C@@H](CO)O1)NC(=O)CCCCCCCCCCC(=O)Oc1c(F)c(F)c(F)c(F)c1F. The number of carbonyl (C=O) groups is 8. The number of unbranched alkanes of at least 4 members (excludes halogenated alkanes) is 10. The van der Waals surface area contributed by atoms with Crippen LogP contribution >= 0.6 is 0 Å². The summed E-state index contributed by atoms with van der Waals surface area (Å²) < 4.78 is 124. The molecule has 0 bridgehead atoms. The molecule has 16 N–H and O–H groups in total. The van der Waals surface area contributed by atoms with Gasteiger partial charge in [0, 0.05) is 130 Å². The Hall–Kier alpha value is -6.09. The lowest BCUT2D eigenvalue weighted by atomic mass is 10.0. The van der Waals surface area contributed by atoms with E-state index in [2.05, 4.69) is 42.0 Å². The molecule has 12 atom stereocenters. The molecule has 39 heteroatoms. The number of hydrogen-bond acceptors (Lipinski definition) is 27. The number of nitrogens with one attached hydrogen (secondary N) is 7. The van der Waals surface area contributed by atoms with E-state index in [4.69, 9.17) is 42.6 Å². The minimum atomic E-state index is -2.38. The summed E-state index contributed by atoms with van der Waals surface area (Å²) >= 11 is 0. The molecule has 7 amide bonds. The van der Waals surface area contributed by atoms with Gasteiger partial charge in [-0.25, -0.2) is 13.2 Å². The lowest BCUT2D eigenvalue weighted by Gasteiger charge is -2.36. The highest BCUT2D eigenvalue weighted by Crippen LogP contribution is 2.30. The first-order chi connectivity index (χ1) is 53.8. The highest BCUT2D eigenvalue weighted by atomic mass is 19.2. The Morgan fingerprint density at radius 3 is 0.920 bits per heavy atom. The number of aliphatic hydroxyl groups excluding tert-OH is 9. The maximum atomic E-state index is 14.0. The van der Waals surface area contributed by atoms with Crippen LogP contribution in [-0.2, 0) is 81.0 Å². The quantitative estimate of drug-likeness (QED) is 0.0103. The third kappa shape index (κ3) is 40.0. The number of amides is 7. The van der Waals surface area contributed by atoms with Gasteiger partial charge in [0.05, 0.1) is 77.8 Å². The highest BCUT2D eigenvalue weighted by molar-refractivity contribution is 5.79. The number of ether oxygens (including phenoxy) is 10. The van der Waals surface area contributed by atoms with Crippen LogP contribution in [0.3, 0.4) is 0 Å². The topological polar surface area (TPSA) is 495 Å². The molecule has 3 heterocycles. The van der Waals surface area contributed by atoms with E-state index >= 15 is 0 Å². The van der Waals surface area contributed by atoms with Crippen molar-refractivity contribution in [3.05, 3.63) is 29.1 Å². The number of carbonyl (C=O) groups excluding carboxylic acids is 8. The van der Waals surface area contributed by atoms with Gasteiger partial charge in [0.1, 0.15) is 42.2 Å². The molecule has 0 saturated carbocycles. The van der Waals surface area contributed by atoms with Gasteiger partial charge < -0.3 is 131 Å². The summed E-state index contributed by atoms with van der Waals surface area (Å²) in [6.45, 7) is -0.697. The van der Waals surface area contributed by atoms with Crippen molar-refractivity contribution in [1.29, 1.82) is 0 Å². The molecule has 112 heavy (non-hydrogen) atoms. The zero-order valence-corrected chi connectivity index (χ0v) is 63.7. The van der Waals surface area contributed by atoms with E-state index < -0.39 is 146 Å². The normalized spacial score (nSPS) is 21.9. The molecule has 3 aliphatic heterocycles. The minimum absolute atomic E-state index is 0.0224. The zero-order chi connectivity index (χ0) is 82.1. The number of aliphatic hydroxyl groups is 9. The largest absolute Gasteiger partial charge is 0.420 e. The van der Waals surface area contributed by atoms with Crippen LogP contribution in [0, 0.1) is 29.1 Å². The van der Waals surface area contributed by atoms with Gasteiger partial charge in [-0.1, -0.05) is 38.5 Å². The Labute approximate surface area is 648 Å².